The van der Waals surface area contributed by atoms with Crippen molar-refractivity contribution in [2.75, 3.05) is 26.7 Å². The molecule has 1 amide bonds. The molecular formula is C28H36FN3O3. The molecule has 2 aliphatic rings. The number of nitrogens with zero attached hydrogens (tertiary/aromatic N) is 3. The van der Waals surface area contributed by atoms with Crippen LogP contribution in [0.15, 0.2) is 42.6 Å². The molecule has 6 nitrogen and oxygen atoms in total. The van der Waals surface area contributed by atoms with Gasteiger partial charge in [0.25, 0.3) is 5.91 Å². The van der Waals surface area contributed by atoms with Crippen molar-refractivity contribution < 1.29 is 19.0 Å². The topological polar surface area (TPSA) is 65.9 Å². The van der Waals surface area contributed by atoms with E-state index in [1.165, 1.54) is 18.1 Å². The lowest BCUT2D eigenvalue weighted by Crippen LogP contribution is -2.49. The number of hydrogen-bond acceptors (Lipinski definition) is 5. The molecule has 2 heterocycles. The number of allylic oxidation sites excluding steroid dienone is 2. The molecule has 0 bridgehead atoms. The number of aromatic nitrogens is 1. The van der Waals surface area contributed by atoms with E-state index in [1.807, 2.05) is 32.3 Å². The van der Waals surface area contributed by atoms with Crippen molar-refractivity contribution in [3.63, 3.8) is 0 Å². The number of rotatable bonds is 7. The van der Waals surface area contributed by atoms with E-state index in [9.17, 15) is 14.3 Å². The van der Waals surface area contributed by atoms with Crippen molar-refractivity contribution >= 4 is 11.5 Å². The fourth-order valence-corrected chi connectivity index (χ4v) is 4.91. The Morgan fingerprint density at radius 2 is 2.14 bits per heavy atom. The fourth-order valence-electron chi connectivity index (χ4n) is 4.91. The van der Waals surface area contributed by atoms with Crippen LogP contribution in [0.5, 0.6) is 5.88 Å². The molecular weight excluding hydrogens is 445 g/mol. The van der Waals surface area contributed by atoms with E-state index >= 15 is 0 Å². The molecule has 0 spiro atoms. The van der Waals surface area contributed by atoms with Crippen molar-refractivity contribution in [3.05, 3.63) is 65.1 Å². The monoisotopic (exact) mass is 481 g/mol. The Morgan fingerprint density at radius 3 is 2.86 bits per heavy atom. The molecule has 1 aliphatic heterocycles. The summed E-state index contributed by atoms with van der Waals surface area (Å²) >= 11 is 0. The zero-order valence-electron chi connectivity index (χ0n) is 20.9. The number of halogens is 1. The van der Waals surface area contributed by atoms with Gasteiger partial charge in [-0.1, -0.05) is 25.1 Å². The molecule has 7 heteroatoms. The van der Waals surface area contributed by atoms with E-state index in [1.54, 1.807) is 17.0 Å². The first kappa shape index (κ1) is 25.3. The molecule has 0 unspecified atom stereocenters. The van der Waals surface area contributed by atoms with Gasteiger partial charge in [-0.25, -0.2) is 9.37 Å². The number of carbonyl (C=O) groups is 1. The highest BCUT2D eigenvalue weighted by Crippen LogP contribution is 2.32. The van der Waals surface area contributed by atoms with Gasteiger partial charge in [0.15, 0.2) is 0 Å². The third-order valence-electron chi connectivity index (χ3n) is 7.02. The molecule has 3 atom stereocenters. The third kappa shape index (κ3) is 6.08. The molecule has 1 N–H and O–H groups in total. The van der Waals surface area contributed by atoms with Gasteiger partial charge in [-0.15, -0.1) is 0 Å². The quantitative estimate of drug-likeness (QED) is 0.630. The van der Waals surface area contributed by atoms with Crippen molar-refractivity contribution in [2.24, 2.45) is 5.92 Å². The number of ether oxygens (including phenoxy) is 1. The minimum Gasteiger partial charge on any atom is -0.472 e. The zero-order valence-corrected chi connectivity index (χ0v) is 20.9. The number of pyridine rings is 1. The number of hydrogen-bond donors (Lipinski definition) is 1. The lowest BCUT2D eigenvalue weighted by atomic mass is 9.93. The largest absolute Gasteiger partial charge is 0.472 e. The summed E-state index contributed by atoms with van der Waals surface area (Å²) in [5.41, 5.74) is 3.52. The van der Waals surface area contributed by atoms with Crippen LogP contribution in [-0.4, -0.2) is 64.7 Å². The van der Waals surface area contributed by atoms with Crippen molar-refractivity contribution in [1.82, 2.24) is 14.8 Å². The summed E-state index contributed by atoms with van der Waals surface area (Å²) < 4.78 is 20.0. The first-order valence-electron chi connectivity index (χ1n) is 12.6. The number of benzene rings is 1. The molecule has 0 fully saturated rings. The predicted molar refractivity (Wildman–Crippen MR) is 135 cm³/mol. The average Bonchev–Trinajstić information content (AvgIpc) is 2.86. The third-order valence-corrected chi connectivity index (χ3v) is 7.02. The van der Waals surface area contributed by atoms with E-state index in [0.717, 1.165) is 30.4 Å². The molecule has 0 saturated carbocycles. The van der Waals surface area contributed by atoms with Gasteiger partial charge in [-0.3, -0.25) is 9.69 Å². The standard InChI is InChI=1S/C28H36FN3O3/c1-19-15-32(20(2)18-33)28(34)25-13-23(22-9-5-4-6-10-22)14-30-27(25)35-26(19)17-31(3)16-21-8-7-11-24(29)12-21/h7-9,11-14,19-20,26,33H,4-6,10,15-18H2,1-3H3/t19-,20+,26-/m1/s1. The fraction of sp³-hybridized carbons (Fsp3) is 0.500. The van der Waals surface area contributed by atoms with Crippen LogP contribution < -0.4 is 4.74 Å². The molecule has 2 aromatic rings. The van der Waals surface area contributed by atoms with Crippen LogP contribution in [0, 0.1) is 11.7 Å². The van der Waals surface area contributed by atoms with Crippen molar-refractivity contribution in [1.29, 1.82) is 0 Å². The molecule has 188 valence electrons. The Morgan fingerprint density at radius 1 is 1.31 bits per heavy atom. The number of fused-ring (bicyclic) bond motifs is 1. The Labute approximate surface area is 207 Å². The Kier molecular flexibility index (Phi) is 8.19. The summed E-state index contributed by atoms with van der Waals surface area (Å²) in [5.74, 6) is -0.0778. The van der Waals surface area contributed by atoms with Crippen LogP contribution in [0.4, 0.5) is 4.39 Å². The summed E-state index contributed by atoms with van der Waals surface area (Å²) in [6.07, 6.45) is 8.16. The molecule has 1 aromatic carbocycles. The number of likely N-dealkylation sites (N-methyl/N-ethyl adjacent to an activating group) is 1. The van der Waals surface area contributed by atoms with E-state index < -0.39 is 0 Å². The Hall–Kier alpha value is -2.77. The Balaban J connectivity index is 1.62. The minimum atomic E-state index is -0.320. The SMILES string of the molecule is C[C@@H]1CN([C@@H](C)CO)C(=O)c2cc(C3=CCCCC3)cnc2O[C@@H]1CN(C)Cc1cccc(F)c1. The smallest absolute Gasteiger partial charge is 0.259 e. The second-order valence-electron chi connectivity index (χ2n) is 10.0. The second kappa shape index (κ2) is 11.3. The summed E-state index contributed by atoms with van der Waals surface area (Å²) in [6.45, 7) is 5.42. The number of amides is 1. The van der Waals surface area contributed by atoms with E-state index in [-0.39, 0.29) is 36.4 Å². The van der Waals surface area contributed by atoms with Crippen LogP contribution in [-0.2, 0) is 6.54 Å². The lowest BCUT2D eigenvalue weighted by molar-refractivity contribution is 0.0325. The van der Waals surface area contributed by atoms with Crippen molar-refractivity contribution in [2.45, 2.75) is 58.2 Å². The van der Waals surface area contributed by atoms with Crippen LogP contribution in [0.3, 0.4) is 0 Å². The maximum absolute atomic E-state index is 13.6. The molecule has 35 heavy (non-hydrogen) atoms. The van der Waals surface area contributed by atoms with Gasteiger partial charge in [0.05, 0.1) is 12.6 Å². The molecule has 1 aliphatic carbocycles. The highest BCUT2D eigenvalue weighted by atomic mass is 19.1. The minimum absolute atomic E-state index is 0.00131. The molecule has 1 aromatic heterocycles. The van der Waals surface area contributed by atoms with Gasteiger partial charge in [-0.2, -0.15) is 0 Å². The summed E-state index contributed by atoms with van der Waals surface area (Å²) in [7, 11) is 1.98. The van der Waals surface area contributed by atoms with Gasteiger partial charge >= 0.3 is 0 Å². The maximum Gasteiger partial charge on any atom is 0.259 e. The van der Waals surface area contributed by atoms with E-state index in [2.05, 4.69) is 22.9 Å². The highest BCUT2D eigenvalue weighted by Gasteiger charge is 2.34. The predicted octanol–water partition coefficient (Wildman–Crippen LogP) is 4.53. The Bertz CT molecular complexity index is 1070. The molecule has 4 rings (SSSR count). The molecule has 0 radical (unpaired) electrons. The van der Waals surface area contributed by atoms with E-state index in [4.69, 9.17) is 4.74 Å². The summed E-state index contributed by atoms with van der Waals surface area (Å²) in [5, 5.41) is 9.87. The second-order valence-corrected chi connectivity index (χ2v) is 10.0. The summed E-state index contributed by atoms with van der Waals surface area (Å²) in [6, 6.07) is 8.19. The summed E-state index contributed by atoms with van der Waals surface area (Å²) in [4.78, 5) is 22.1. The normalized spacial score (nSPS) is 21.6. The average molecular weight is 482 g/mol. The van der Waals surface area contributed by atoms with Crippen LogP contribution in [0.2, 0.25) is 0 Å². The van der Waals surface area contributed by atoms with Gasteiger partial charge in [0.1, 0.15) is 17.5 Å². The zero-order chi connectivity index (χ0) is 24.9. The van der Waals surface area contributed by atoms with Crippen LogP contribution >= 0.6 is 0 Å². The number of aliphatic hydroxyl groups is 1. The van der Waals surface area contributed by atoms with E-state index in [0.29, 0.717) is 31.1 Å². The van der Waals surface area contributed by atoms with Gasteiger partial charge in [0, 0.05) is 31.7 Å². The van der Waals surface area contributed by atoms with Crippen molar-refractivity contribution in [3.8, 4) is 5.88 Å². The highest BCUT2D eigenvalue weighted by molar-refractivity contribution is 5.97. The first-order valence-corrected chi connectivity index (χ1v) is 12.6. The number of aliphatic hydroxyl groups excluding tert-OH is 1. The van der Waals surface area contributed by atoms with Gasteiger partial charge in [0.2, 0.25) is 5.88 Å². The van der Waals surface area contributed by atoms with Crippen LogP contribution in [0.1, 0.15) is 61.0 Å². The number of carbonyl (C=O) groups excluding carboxylic acids is 1. The molecule has 0 saturated heterocycles. The van der Waals surface area contributed by atoms with Gasteiger partial charge < -0.3 is 14.7 Å². The first-order chi connectivity index (χ1) is 16.9. The maximum atomic E-state index is 13.6. The van der Waals surface area contributed by atoms with Crippen LogP contribution in [0.25, 0.3) is 5.57 Å². The van der Waals surface area contributed by atoms with Gasteiger partial charge in [-0.05, 0) is 74.6 Å². The lowest BCUT2D eigenvalue weighted by Gasteiger charge is -2.37.